The van der Waals surface area contributed by atoms with Gasteiger partial charge >= 0.3 is 0 Å². The van der Waals surface area contributed by atoms with Gasteiger partial charge in [-0.25, -0.2) is 4.90 Å². The summed E-state index contributed by atoms with van der Waals surface area (Å²) >= 11 is 12.0. The van der Waals surface area contributed by atoms with Gasteiger partial charge in [0.1, 0.15) is 0 Å². The van der Waals surface area contributed by atoms with Gasteiger partial charge in [0.15, 0.2) is 0 Å². The molecule has 0 N–H and O–H groups in total. The quantitative estimate of drug-likeness (QED) is 0.743. The second-order valence-electron chi connectivity index (χ2n) is 6.82. The summed E-state index contributed by atoms with van der Waals surface area (Å²) in [4.78, 5) is 26.9. The number of imide groups is 1. The number of anilines is 1. The van der Waals surface area contributed by atoms with Crippen molar-refractivity contribution < 1.29 is 9.59 Å². The lowest BCUT2D eigenvalue weighted by molar-refractivity contribution is -0.123. The fraction of sp³-hybridized carbons (Fsp3) is 0.500. The summed E-state index contributed by atoms with van der Waals surface area (Å²) < 4.78 is 0. The van der Waals surface area contributed by atoms with Crippen molar-refractivity contribution in [2.75, 3.05) is 4.90 Å². The van der Waals surface area contributed by atoms with Gasteiger partial charge in [-0.05, 0) is 54.7 Å². The highest BCUT2D eigenvalue weighted by molar-refractivity contribution is 6.35. The summed E-state index contributed by atoms with van der Waals surface area (Å²) in [5.74, 6) is 2.00. The van der Waals surface area contributed by atoms with E-state index in [1.54, 1.807) is 18.2 Å². The molecule has 4 fully saturated rings. The molecular weight excluding hydrogens is 309 g/mol. The second kappa shape index (κ2) is 3.82. The first-order valence-electron chi connectivity index (χ1n) is 7.40. The zero-order valence-corrected chi connectivity index (χ0v) is 12.6. The molecule has 0 spiro atoms. The lowest BCUT2D eigenvalue weighted by atomic mass is 9.81. The predicted molar refractivity (Wildman–Crippen MR) is 79.1 cm³/mol. The van der Waals surface area contributed by atoms with Crippen molar-refractivity contribution in [2.24, 2.45) is 35.5 Å². The summed E-state index contributed by atoms with van der Waals surface area (Å²) in [5, 5.41) is 0.891. The number of carbonyl (C=O) groups excluding carboxylic acids is 2. The monoisotopic (exact) mass is 321 g/mol. The van der Waals surface area contributed by atoms with Crippen LogP contribution in [0.5, 0.6) is 0 Å². The normalized spacial score (nSPS) is 42.5. The molecule has 3 saturated carbocycles. The van der Waals surface area contributed by atoms with Crippen LogP contribution in [0.3, 0.4) is 0 Å². The molecule has 2 bridgehead atoms. The fourth-order valence-electron chi connectivity index (χ4n) is 5.25. The number of benzene rings is 1. The van der Waals surface area contributed by atoms with Crippen molar-refractivity contribution in [1.82, 2.24) is 0 Å². The molecule has 0 aromatic heterocycles. The van der Waals surface area contributed by atoms with Crippen molar-refractivity contribution >= 4 is 40.7 Å². The van der Waals surface area contributed by atoms with Crippen LogP contribution in [0.4, 0.5) is 5.69 Å². The Balaban J connectivity index is 1.58. The Labute approximate surface area is 132 Å². The van der Waals surface area contributed by atoms with Crippen molar-refractivity contribution in [1.29, 1.82) is 0 Å². The van der Waals surface area contributed by atoms with E-state index in [1.807, 2.05) is 0 Å². The Hall–Kier alpha value is -1.06. The lowest BCUT2D eigenvalue weighted by Gasteiger charge is -2.18. The Bertz CT molecular complexity index is 651. The van der Waals surface area contributed by atoms with E-state index < -0.39 is 0 Å². The van der Waals surface area contributed by atoms with E-state index in [4.69, 9.17) is 23.2 Å². The lowest BCUT2D eigenvalue weighted by Crippen LogP contribution is -2.33. The number of fused-ring (bicyclic) bond motifs is 8. The fourth-order valence-corrected chi connectivity index (χ4v) is 5.76. The first-order valence-corrected chi connectivity index (χ1v) is 8.16. The van der Waals surface area contributed by atoms with Crippen molar-refractivity contribution in [3.05, 3.63) is 28.2 Å². The minimum atomic E-state index is -0.0935. The van der Waals surface area contributed by atoms with Gasteiger partial charge < -0.3 is 0 Å². The molecule has 4 aliphatic rings. The number of hydrogen-bond acceptors (Lipinski definition) is 2. The summed E-state index contributed by atoms with van der Waals surface area (Å²) in [6.45, 7) is 0. The topological polar surface area (TPSA) is 37.4 Å². The summed E-state index contributed by atoms with van der Waals surface area (Å²) in [6, 6.07) is 4.90. The largest absolute Gasteiger partial charge is 0.274 e. The van der Waals surface area contributed by atoms with E-state index in [1.165, 1.54) is 11.3 Å². The van der Waals surface area contributed by atoms with E-state index in [9.17, 15) is 9.59 Å². The van der Waals surface area contributed by atoms with Crippen LogP contribution < -0.4 is 4.90 Å². The van der Waals surface area contributed by atoms with Crippen LogP contribution in [-0.4, -0.2) is 11.8 Å². The molecule has 1 heterocycles. The Kier molecular flexibility index (Phi) is 2.27. The van der Waals surface area contributed by atoms with Gasteiger partial charge in [-0.1, -0.05) is 23.2 Å². The Morgan fingerprint density at radius 2 is 1.29 bits per heavy atom. The van der Waals surface area contributed by atoms with Gasteiger partial charge in [0.05, 0.1) is 17.5 Å². The van der Waals surface area contributed by atoms with E-state index in [2.05, 4.69) is 0 Å². The molecule has 5 heteroatoms. The predicted octanol–water partition coefficient (Wildman–Crippen LogP) is 3.38. The maximum atomic E-state index is 12.8. The minimum Gasteiger partial charge on any atom is -0.274 e. The van der Waals surface area contributed by atoms with Crippen LogP contribution in [0.15, 0.2) is 18.2 Å². The molecule has 1 aromatic rings. The zero-order chi connectivity index (χ0) is 14.5. The molecule has 2 amide bonds. The Morgan fingerprint density at radius 1 is 0.810 bits per heavy atom. The second-order valence-corrected chi connectivity index (χ2v) is 7.69. The number of halogens is 2. The van der Waals surface area contributed by atoms with E-state index >= 15 is 0 Å². The summed E-state index contributed by atoms with van der Waals surface area (Å²) in [5.41, 5.74) is 0.518. The maximum absolute atomic E-state index is 12.8. The first-order chi connectivity index (χ1) is 10.1. The molecule has 21 heavy (non-hydrogen) atoms. The molecule has 0 radical (unpaired) electrons. The number of rotatable bonds is 1. The third-order valence-electron chi connectivity index (χ3n) is 5.96. The number of amides is 2. The average Bonchev–Trinajstić information content (AvgIpc) is 2.92. The number of hydrogen-bond donors (Lipinski definition) is 0. The van der Waals surface area contributed by atoms with E-state index in [-0.39, 0.29) is 23.7 Å². The SMILES string of the molecule is O=C1[C@@H]2C3CC([C@H]4C[C@H]34)[C@@H]2C(=O)N1c1cc(Cl)cc(Cl)c1. The third-order valence-corrected chi connectivity index (χ3v) is 6.40. The van der Waals surface area contributed by atoms with Gasteiger partial charge in [0.25, 0.3) is 0 Å². The smallest absolute Gasteiger partial charge is 0.237 e. The molecule has 2 unspecified atom stereocenters. The van der Waals surface area contributed by atoms with Crippen LogP contribution in [0, 0.1) is 35.5 Å². The van der Waals surface area contributed by atoms with Crippen LogP contribution in [0.25, 0.3) is 0 Å². The molecule has 3 nitrogen and oxygen atoms in total. The molecular formula is C16H13Cl2NO2. The van der Waals surface area contributed by atoms with E-state index in [0.29, 0.717) is 39.4 Å². The summed E-state index contributed by atoms with van der Waals surface area (Å²) in [7, 11) is 0. The average molecular weight is 322 g/mol. The number of carbonyl (C=O) groups is 2. The summed E-state index contributed by atoms with van der Waals surface area (Å²) in [6.07, 6.45) is 2.30. The van der Waals surface area contributed by atoms with Crippen LogP contribution >= 0.6 is 23.2 Å². The van der Waals surface area contributed by atoms with E-state index in [0.717, 1.165) is 6.42 Å². The molecule has 1 aromatic carbocycles. The first kappa shape index (κ1) is 12.5. The highest BCUT2D eigenvalue weighted by atomic mass is 35.5. The molecule has 5 rings (SSSR count). The molecule has 1 saturated heterocycles. The molecule has 6 atom stereocenters. The van der Waals surface area contributed by atoms with Gasteiger partial charge in [-0.2, -0.15) is 0 Å². The Morgan fingerprint density at radius 3 is 1.81 bits per heavy atom. The van der Waals surface area contributed by atoms with Gasteiger partial charge in [0.2, 0.25) is 11.8 Å². The number of nitrogens with zero attached hydrogens (tertiary/aromatic N) is 1. The van der Waals surface area contributed by atoms with Crippen molar-refractivity contribution in [3.63, 3.8) is 0 Å². The van der Waals surface area contributed by atoms with Crippen LogP contribution in [0.2, 0.25) is 10.0 Å². The van der Waals surface area contributed by atoms with Gasteiger partial charge in [0, 0.05) is 10.0 Å². The van der Waals surface area contributed by atoms with Crippen LogP contribution in [-0.2, 0) is 9.59 Å². The minimum absolute atomic E-state index is 0.0406. The van der Waals surface area contributed by atoms with Crippen molar-refractivity contribution in [2.45, 2.75) is 12.8 Å². The molecule has 108 valence electrons. The molecule has 1 aliphatic heterocycles. The molecule has 3 aliphatic carbocycles. The van der Waals surface area contributed by atoms with Crippen molar-refractivity contribution in [3.8, 4) is 0 Å². The van der Waals surface area contributed by atoms with Gasteiger partial charge in [-0.3, -0.25) is 9.59 Å². The zero-order valence-electron chi connectivity index (χ0n) is 11.1. The van der Waals surface area contributed by atoms with Crippen LogP contribution in [0.1, 0.15) is 12.8 Å². The standard InChI is InChI=1S/C16H13Cl2NO2/c17-6-1-7(18)3-8(2-6)19-15(20)13-11-5-12(10-4-9(10)11)14(13)16(19)21/h1-3,9-14H,4-5H2/t9-,10-,11?,12?,13-,14+/m0/s1. The highest BCUT2D eigenvalue weighted by Crippen LogP contribution is 2.71. The third kappa shape index (κ3) is 1.46. The highest BCUT2D eigenvalue weighted by Gasteiger charge is 2.71. The van der Waals surface area contributed by atoms with Gasteiger partial charge in [-0.15, -0.1) is 0 Å². The maximum Gasteiger partial charge on any atom is 0.237 e.